The third-order valence-electron chi connectivity index (χ3n) is 2.85. The van der Waals surface area contributed by atoms with E-state index >= 15 is 0 Å². The van der Waals surface area contributed by atoms with Crippen LogP contribution in [0, 0.1) is 18.3 Å². The predicted molar refractivity (Wildman–Crippen MR) is 72.8 cm³/mol. The van der Waals surface area contributed by atoms with Gasteiger partial charge in [-0.1, -0.05) is 0 Å². The number of nitrogens with zero attached hydrogens (tertiary/aromatic N) is 1. The molecule has 3 nitrogen and oxygen atoms in total. The zero-order chi connectivity index (χ0) is 16.3. The van der Waals surface area contributed by atoms with Crippen molar-refractivity contribution in [1.82, 2.24) is 0 Å². The summed E-state index contributed by atoms with van der Waals surface area (Å²) >= 11 is 0. The minimum atomic E-state index is -4.66. The molecule has 0 amide bonds. The van der Waals surface area contributed by atoms with Gasteiger partial charge in [0.15, 0.2) is 0 Å². The highest BCUT2D eigenvalue weighted by atomic mass is 19.4. The second-order valence-corrected chi connectivity index (χ2v) is 4.62. The van der Waals surface area contributed by atoms with Crippen molar-refractivity contribution in [3.63, 3.8) is 0 Å². The lowest BCUT2D eigenvalue weighted by atomic mass is 10.1. The van der Waals surface area contributed by atoms with Gasteiger partial charge in [-0.2, -0.15) is 18.4 Å². The Bertz CT molecular complexity index is 761. The van der Waals surface area contributed by atoms with Crippen LogP contribution in [0.4, 0.5) is 13.2 Å². The number of aryl methyl sites for hydroxylation is 1. The van der Waals surface area contributed by atoms with Crippen LogP contribution < -0.4 is 4.74 Å². The zero-order valence-corrected chi connectivity index (χ0v) is 11.4. The van der Waals surface area contributed by atoms with E-state index in [2.05, 4.69) is 0 Å². The molecule has 2 aromatic carbocycles. The molecule has 112 valence electrons. The second kappa shape index (κ2) is 5.90. The van der Waals surface area contributed by atoms with E-state index in [0.29, 0.717) is 11.8 Å². The lowest BCUT2D eigenvalue weighted by Gasteiger charge is -2.14. The summed E-state index contributed by atoms with van der Waals surface area (Å²) in [5, 5.41) is 8.88. The number of rotatable bonds is 3. The third kappa shape index (κ3) is 3.44. The van der Waals surface area contributed by atoms with Crippen LogP contribution in [0.15, 0.2) is 36.4 Å². The molecule has 2 rings (SSSR count). The smallest absolute Gasteiger partial charge is 0.420 e. The van der Waals surface area contributed by atoms with Gasteiger partial charge >= 0.3 is 6.18 Å². The minimum Gasteiger partial charge on any atom is -0.457 e. The molecular formula is C16H10F3NO2. The van der Waals surface area contributed by atoms with Crippen molar-refractivity contribution in [3.8, 4) is 17.6 Å². The monoisotopic (exact) mass is 305 g/mol. The maximum absolute atomic E-state index is 13.0. The van der Waals surface area contributed by atoms with Crippen molar-refractivity contribution in [2.75, 3.05) is 0 Å². The first-order chi connectivity index (χ1) is 10.3. The summed E-state index contributed by atoms with van der Waals surface area (Å²) in [6, 6.07) is 9.41. The highest BCUT2D eigenvalue weighted by molar-refractivity contribution is 5.75. The summed E-state index contributed by atoms with van der Waals surface area (Å²) in [5.74, 6) is -0.298. The number of carbonyl (C=O) groups excluding carboxylic acids is 1. The standard InChI is InChI=1S/C16H10F3NO2/c1-10-4-12(8-20)6-13(5-10)22-15-3-2-11(9-21)7-14(15)16(17,18)19/h2-7,9H,1H3. The maximum Gasteiger partial charge on any atom is 0.420 e. The van der Waals surface area contributed by atoms with Gasteiger partial charge in [-0.05, 0) is 48.9 Å². The fraction of sp³-hybridized carbons (Fsp3) is 0.125. The Hall–Kier alpha value is -2.81. The van der Waals surface area contributed by atoms with Gasteiger partial charge in [-0.15, -0.1) is 0 Å². The summed E-state index contributed by atoms with van der Waals surface area (Å²) in [7, 11) is 0. The molecule has 22 heavy (non-hydrogen) atoms. The average molecular weight is 305 g/mol. The number of hydrogen-bond donors (Lipinski definition) is 0. The molecule has 0 saturated carbocycles. The molecule has 0 aliphatic rings. The van der Waals surface area contributed by atoms with Crippen LogP contribution in [0.3, 0.4) is 0 Å². The molecule has 6 heteroatoms. The van der Waals surface area contributed by atoms with Crippen molar-refractivity contribution in [2.24, 2.45) is 0 Å². The second-order valence-electron chi connectivity index (χ2n) is 4.62. The van der Waals surface area contributed by atoms with E-state index in [1.54, 1.807) is 13.0 Å². The Morgan fingerprint density at radius 1 is 1.18 bits per heavy atom. The number of nitriles is 1. The summed E-state index contributed by atoms with van der Waals surface area (Å²) in [4.78, 5) is 10.6. The molecule has 0 unspecified atom stereocenters. The Morgan fingerprint density at radius 2 is 1.91 bits per heavy atom. The highest BCUT2D eigenvalue weighted by Gasteiger charge is 2.35. The van der Waals surface area contributed by atoms with E-state index in [1.807, 2.05) is 6.07 Å². The van der Waals surface area contributed by atoms with Crippen LogP contribution in [0.25, 0.3) is 0 Å². The quantitative estimate of drug-likeness (QED) is 0.785. The summed E-state index contributed by atoms with van der Waals surface area (Å²) in [5.41, 5.74) is -0.168. The number of ether oxygens (including phenoxy) is 1. The first-order valence-corrected chi connectivity index (χ1v) is 6.19. The van der Waals surface area contributed by atoms with Crippen LogP contribution in [0.5, 0.6) is 11.5 Å². The SMILES string of the molecule is Cc1cc(C#N)cc(Oc2ccc(C=O)cc2C(F)(F)F)c1. The summed E-state index contributed by atoms with van der Waals surface area (Å²) < 4.78 is 44.4. The maximum atomic E-state index is 13.0. The predicted octanol–water partition coefficient (Wildman–Crippen LogP) is 4.49. The first-order valence-electron chi connectivity index (χ1n) is 6.19. The minimum absolute atomic E-state index is 0.0957. The van der Waals surface area contributed by atoms with Gasteiger partial charge in [0, 0.05) is 5.56 Å². The van der Waals surface area contributed by atoms with Crippen molar-refractivity contribution in [3.05, 3.63) is 58.7 Å². The van der Waals surface area contributed by atoms with E-state index in [4.69, 9.17) is 10.00 Å². The number of carbonyl (C=O) groups is 1. The lowest BCUT2D eigenvalue weighted by molar-refractivity contribution is -0.138. The van der Waals surface area contributed by atoms with Crippen LogP contribution in [0.2, 0.25) is 0 Å². The Labute approximate surface area is 124 Å². The number of aldehydes is 1. The molecule has 0 aliphatic heterocycles. The molecule has 0 heterocycles. The fourth-order valence-corrected chi connectivity index (χ4v) is 1.93. The Morgan fingerprint density at radius 3 is 2.50 bits per heavy atom. The Balaban J connectivity index is 2.48. The molecule has 0 fully saturated rings. The molecule has 0 radical (unpaired) electrons. The van der Waals surface area contributed by atoms with E-state index in [1.165, 1.54) is 18.2 Å². The van der Waals surface area contributed by atoms with Crippen molar-refractivity contribution >= 4 is 6.29 Å². The average Bonchev–Trinajstić information content (AvgIpc) is 2.45. The van der Waals surface area contributed by atoms with Crippen molar-refractivity contribution < 1.29 is 22.7 Å². The van der Waals surface area contributed by atoms with Crippen molar-refractivity contribution in [2.45, 2.75) is 13.1 Å². The van der Waals surface area contributed by atoms with Crippen LogP contribution >= 0.6 is 0 Å². The topological polar surface area (TPSA) is 50.1 Å². The molecular weight excluding hydrogens is 295 g/mol. The van der Waals surface area contributed by atoms with Crippen LogP contribution in [-0.2, 0) is 6.18 Å². The highest BCUT2D eigenvalue weighted by Crippen LogP contribution is 2.38. The van der Waals surface area contributed by atoms with Crippen LogP contribution in [0.1, 0.15) is 27.0 Å². The molecule has 0 spiro atoms. The zero-order valence-electron chi connectivity index (χ0n) is 11.4. The van der Waals surface area contributed by atoms with Crippen molar-refractivity contribution in [1.29, 1.82) is 5.26 Å². The van der Waals surface area contributed by atoms with Gasteiger partial charge in [0.2, 0.25) is 0 Å². The third-order valence-corrected chi connectivity index (χ3v) is 2.85. The lowest BCUT2D eigenvalue weighted by Crippen LogP contribution is -2.08. The van der Waals surface area contributed by atoms with Gasteiger partial charge in [-0.3, -0.25) is 4.79 Å². The van der Waals surface area contributed by atoms with Gasteiger partial charge in [0.25, 0.3) is 0 Å². The van der Waals surface area contributed by atoms with Gasteiger partial charge in [0.1, 0.15) is 17.8 Å². The molecule has 0 saturated heterocycles. The van der Waals surface area contributed by atoms with Crippen LogP contribution in [-0.4, -0.2) is 6.29 Å². The molecule has 2 aromatic rings. The Kier molecular flexibility index (Phi) is 4.18. The number of halogens is 3. The first kappa shape index (κ1) is 15.6. The normalized spacial score (nSPS) is 10.9. The fourth-order valence-electron chi connectivity index (χ4n) is 1.93. The molecule has 0 aromatic heterocycles. The van der Waals surface area contributed by atoms with E-state index in [9.17, 15) is 18.0 Å². The van der Waals surface area contributed by atoms with Gasteiger partial charge < -0.3 is 4.74 Å². The van der Waals surface area contributed by atoms with E-state index in [0.717, 1.165) is 12.1 Å². The number of hydrogen-bond acceptors (Lipinski definition) is 3. The van der Waals surface area contributed by atoms with Gasteiger partial charge in [0.05, 0.1) is 17.2 Å². The number of benzene rings is 2. The van der Waals surface area contributed by atoms with E-state index < -0.39 is 17.5 Å². The largest absolute Gasteiger partial charge is 0.457 e. The molecule has 0 N–H and O–H groups in total. The molecule has 0 atom stereocenters. The molecule has 0 aliphatic carbocycles. The number of alkyl halides is 3. The van der Waals surface area contributed by atoms with E-state index in [-0.39, 0.29) is 16.9 Å². The summed E-state index contributed by atoms with van der Waals surface area (Å²) in [6.45, 7) is 1.70. The van der Waals surface area contributed by atoms with Gasteiger partial charge in [-0.25, -0.2) is 0 Å². The summed E-state index contributed by atoms with van der Waals surface area (Å²) in [6.07, 6.45) is -4.32. The molecule has 0 bridgehead atoms.